The van der Waals surface area contributed by atoms with E-state index in [9.17, 15) is 14.4 Å². The molecule has 38 heavy (non-hydrogen) atoms. The van der Waals surface area contributed by atoms with Crippen LogP contribution in [0.2, 0.25) is 0 Å². The number of fused-ring (bicyclic) bond motifs is 1. The minimum atomic E-state index is -0.367. The minimum Gasteiger partial charge on any atom is -0.467 e. The summed E-state index contributed by atoms with van der Waals surface area (Å²) in [6, 6.07) is 21.9. The number of para-hydroxylation sites is 1. The van der Waals surface area contributed by atoms with Gasteiger partial charge in [-0.25, -0.2) is 4.79 Å². The number of benzene rings is 3. The van der Waals surface area contributed by atoms with Crippen LogP contribution in [-0.4, -0.2) is 15.0 Å². The van der Waals surface area contributed by atoms with Crippen molar-refractivity contribution < 1.29 is 9.21 Å². The molecule has 0 atom stereocenters. The monoisotopic (exact) mass is 507 g/mol. The molecule has 7 nitrogen and oxygen atoms in total. The molecule has 0 spiro atoms. The van der Waals surface area contributed by atoms with Crippen molar-refractivity contribution in [3.05, 3.63) is 139 Å². The fourth-order valence-electron chi connectivity index (χ4n) is 4.91. The molecule has 7 heteroatoms. The predicted molar refractivity (Wildman–Crippen MR) is 148 cm³/mol. The number of hydrogen-bond donors (Lipinski definition) is 1. The van der Waals surface area contributed by atoms with Gasteiger partial charge in [0.1, 0.15) is 5.76 Å². The highest BCUT2D eigenvalue weighted by Crippen LogP contribution is 2.19. The molecule has 192 valence electrons. The van der Waals surface area contributed by atoms with Gasteiger partial charge in [-0.2, -0.15) is 0 Å². The molecular formula is C31H29N3O4. The fourth-order valence-corrected chi connectivity index (χ4v) is 4.91. The predicted octanol–water partition coefficient (Wildman–Crippen LogP) is 4.71. The number of carbonyl (C=O) groups excluding carboxylic acids is 1. The van der Waals surface area contributed by atoms with Crippen LogP contribution in [0.4, 0.5) is 0 Å². The SMILES string of the molecule is Cc1cc(C)c(Cn2c(=O)n(Cc3ccc(C(=O)NCc4ccco4)cc3)c(=O)c3ccccc32)c(C)c1. The fraction of sp³-hybridized carbons (Fsp3) is 0.194. The third-order valence-electron chi connectivity index (χ3n) is 6.85. The average molecular weight is 508 g/mol. The number of nitrogens with zero attached hydrogens (tertiary/aromatic N) is 2. The molecule has 0 aliphatic heterocycles. The molecule has 5 rings (SSSR count). The topological polar surface area (TPSA) is 86.2 Å². The molecule has 1 amide bonds. The summed E-state index contributed by atoms with van der Waals surface area (Å²) in [7, 11) is 0. The normalized spacial score (nSPS) is 11.1. The maximum absolute atomic E-state index is 13.7. The van der Waals surface area contributed by atoms with Crippen LogP contribution < -0.4 is 16.6 Å². The lowest BCUT2D eigenvalue weighted by atomic mass is 9.99. The summed E-state index contributed by atoms with van der Waals surface area (Å²) in [5, 5.41) is 3.30. The van der Waals surface area contributed by atoms with Gasteiger partial charge in [-0.05, 0) is 79.4 Å². The average Bonchev–Trinajstić information content (AvgIpc) is 3.43. The van der Waals surface area contributed by atoms with E-state index in [1.54, 1.807) is 59.4 Å². The van der Waals surface area contributed by atoms with E-state index in [4.69, 9.17) is 4.42 Å². The first-order valence-electron chi connectivity index (χ1n) is 12.5. The van der Waals surface area contributed by atoms with Crippen molar-refractivity contribution in [3.8, 4) is 0 Å². The number of rotatable bonds is 7. The Bertz CT molecular complexity index is 1720. The number of nitrogens with one attached hydrogen (secondary N) is 1. The maximum Gasteiger partial charge on any atom is 0.332 e. The Labute approximate surface area is 220 Å². The molecule has 3 aromatic carbocycles. The molecule has 0 saturated heterocycles. The number of aryl methyl sites for hydroxylation is 3. The quantitative estimate of drug-likeness (QED) is 0.346. The van der Waals surface area contributed by atoms with Gasteiger partial charge >= 0.3 is 5.69 Å². The van der Waals surface area contributed by atoms with Crippen LogP contribution >= 0.6 is 0 Å². The summed E-state index contributed by atoms with van der Waals surface area (Å²) < 4.78 is 8.19. The van der Waals surface area contributed by atoms with Gasteiger partial charge in [0.25, 0.3) is 11.5 Å². The Morgan fingerprint density at radius 3 is 2.24 bits per heavy atom. The van der Waals surface area contributed by atoms with Crippen molar-refractivity contribution in [2.45, 2.75) is 40.4 Å². The smallest absolute Gasteiger partial charge is 0.332 e. The Morgan fingerprint density at radius 1 is 0.842 bits per heavy atom. The second-order valence-electron chi connectivity index (χ2n) is 9.61. The third kappa shape index (κ3) is 4.95. The van der Waals surface area contributed by atoms with Crippen LogP contribution in [0.25, 0.3) is 10.9 Å². The number of furan rings is 1. The zero-order chi connectivity index (χ0) is 26.8. The summed E-state index contributed by atoms with van der Waals surface area (Å²) in [5.74, 6) is 0.431. The van der Waals surface area contributed by atoms with Gasteiger partial charge in [-0.3, -0.25) is 18.7 Å². The summed E-state index contributed by atoms with van der Waals surface area (Å²) >= 11 is 0. The minimum absolute atomic E-state index is 0.0999. The molecule has 0 aliphatic rings. The first-order chi connectivity index (χ1) is 18.3. The van der Waals surface area contributed by atoms with Gasteiger partial charge in [0, 0.05) is 5.56 Å². The second kappa shape index (κ2) is 10.4. The van der Waals surface area contributed by atoms with E-state index in [1.807, 2.05) is 26.0 Å². The summed E-state index contributed by atoms with van der Waals surface area (Å²) in [5.41, 5.74) is 5.59. The molecule has 0 unspecified atom stereocenters. The summed E-state index contributed by atoms with van der Waals surface area (Å²) in [6.07, 6.45) is 1.56. The van der Waals surface area contributed by atoms with Gasteiger partial charge < -0.3 is 9.73 Å². The number of carbonyl (C=O) groups is 1. The van der Waals surface area contributed by atoms with Crippen LogP contribution in [0.5, 0.6) is 0 Å². The molecule has 2 heterocycles. The zero-order valence-electron chi connectivity index (χ0n) is 21.7. The van der Waals surface area contributed by atoms with E-state index in [0.29, 0.717) is 35.3 Å². The molecule has 2 aromatic heterocycles. The van der Waals surface area contributed by atoms with E-state index in [0.717, 1.165) is 22.3 Å². The number of amides is 1. The van der Waals surface area contributed by atoms with Crippen LogP contribution in [0, 0.1) is 20.8 Å². The highest BCUT2D eigenvalue weighted by molar-refractivity contribution is 5.94. The van der Waals surface area contributed by atoms with Crippen molar-refractivity contribution in [1.82, 2.24) is 14.5 Å². The van der Waals surface area contributed by atoms with Gasteiger partial charge in [0.15, 0.2) is 0 Å². The Morgan fingerprint density at radius 2 is 1.55 bits per heavy atom. The molecule has 0 saturated carbocycles. The highest BCUT2D eigenvalue weighted by atomic mass is 16.3. The maximum atomic E-state index is 13.7. The number of hydrogen-bond acceptors (Lipinski definition) is 4. The van der Waals surface area contributed by atoms with Crippen LogP contribution in [0.3, 0.4) is 0 Å². The molecule has 0 radical (unpaired) electrons. The first kappa shape index (κ1) is 25.0. The van der Waals surface area contributed by atoms with E-state index >= 15 is 0 Å². The lowest BCUT2D eigenvalue weighted by Crippen LogP contribution is -2.40. The van der Waals surface area contributed by atoms with Crippen LogP contribution in [0.1, 0.15) is 43.9 Å². The van der Waals surface area contributed by atoms with Crippen LogP contribution in [-0.2, 0) is 19.6 Å². The van der Waals surface area contributed by atoms with Crippen molar-refractivity contribution in [3.63, 3.8) is 0 Å². The van der Waals surface area contributed by atoms with Gasteiger partial charge in [0.05, 0.1) is 36.8 Å². The van der Waals surface area contributed by atoms with Gasteiger partial charge in [0.2, 0.25) is 0 Å². The van der Waals surface area contributed by atoms with E-state index in [1.165, 1.54) is 10.1 Å². The molecule has 1 N–H and O–H groups in total. The number of aromatic nitrogens is 2. The van der Waals surface area contributed by atoms with Gasteiger partial charge in [-0.15, -0.1) is 0 Å². The molecule has 0 fully saturated rings. The Hall–Kier alpha value is -4.65. The summed E-state index contributed by atoms with van der Waals surface area (Å²) in [4.78, 5) is 39.6. The lowest BCUT2D eigenvalue weighted by Gasteiger charge is -2.17. The van der Waals surface area contributed by atoms with Crippen molar-refractivity contribution >= 4 is 16.8 Å². The standard InChI is InChI=1S/C31H29N3O4/c1-20-15-21(2)27(22(3)16-20)19-33-28-9-5-4-8-26(28)30(36)34(31(33)37)18-23-10-12-24(13-11-23)29(35)32-17-25-7-6-14-38-25/h4-16H,17-19H2,1-3H3,(H,32,35). The summed E-state index contributed by atoms with van der Waals surface area (Å²) in [6.45, 7) is 6.91. The van der Waals surface area contributed by atoms with E-state index in [-0.39, 0.29) is 23.7 Å². The molecular weight excluding hydrogens is 478 g/mol. The van der Waals surface area contributed by atoms with Crippen molar-refractivity contribution in [2.75, 3.05) is 0 Å². The largest absolute Gasteiger partial charge is 0.467 e. The first-order valence-corrected chi connectivity index (χ1v) is 12.5. The van der Waals surface area contributed by atoms with Crippen LogP contribution in [0.15, 0.2) is 93.1 Å². The van der Waals surface area contributed by atoms with E-state index < -0.39 is 0 Å². The third-order valence-corrected chi connectivity index (χ3v) is 6.85. The Balaban J connectivity index is 1.47. The highest BCUT2D eigenvalue weighted by Gasteiger charge is 2.16. The molecule has 5 aromatic rings. The second-order valence-corrected chi connectivity index (χ2v) is 9.61. The lowest BCUT2D eigenvalue weighted by molar-refractivity contribution is 0.0948. The van der Waals surface area contributed by atoms with Crippen molar-refractivity contribution in [2.24, 2.45) is 0 Å². The van der Waals surface area contributed by atoms with Crippen molar-refractivity contribution in [1.29, 1.82) is 0 Å². The van der Waals surface area contributed by atoms with E-state index in [2.05, 4.69) is 24.4 Å². The Kier molecular flexibility index (Phi) is 6.83. The molecule has 0 aliphatic carbocycles. The molecule has 0 bridgehead atoms. The van der Waals surface area contributed by atoms with Gasteiger partial charge in [-0.1, -0.05) is 42.0 Å². The zero-order valence-corrected chi connectivity index (χ0v) is 21.7.